The molecule has 0 spiro atoms. The fraction of sp³-hybridized carbons (Fsp3) is 0.143. The molecule has 0 atom stereocenters. The summed E-state index contributed by atoms with van der Waals surface area (Å²) in [7, 11) is 1.53. The van der Waals surface area contributed by atoms with Gasteiger partial charge in [0.1, 0.15) is 5.75 Å². The van der Waals surface area contributed by atoms with Crippen LogP contribution in [0, 0.1) is 0 Å². The molecule has 0 fully saturated rings. The van der Waals surface area contributed by atoms with E-state index in [1.54, 1.807) is 30.3 Å². The number of hydrogen-bond donors (Lipinski definition) is 2. The molecule has 0 saturated heterocycles. The molecule has 20 heavy (non-hydrogen) atoms. The summed E-state index contributed by atoms with van der Waals surface area (Å²) in [5, 5.41) is 12.3. The molecule has 0 aliphatic heterocycles. The maximum atomic E-state index is 11.8. The van der Waals surface area contributed by atoms with Gasteiger partial charge in [-0.2, -0.15) is 0 Å². The Kier molecular flexibility index (Phi) is 4.84. The number of amides is 1. The lowest BCUT2D eigenvalue weighted by Crippen LogP contribution is -2.14. The zero-order valence-electron chi connectivity index (χ0n) is 10.9. The molecule has 0 unspecified atom stereocenters. The van der Waals surface area contributed by atoms with E-state index >= 15 is 0 Å². The summed E-state index contributed by atoms with van der Waals surface area (Å²) in [6, 6.07) is 10.3. The Labute approximate surface area is 121 Å². The van der Waals surface area contributed by atoms with Crippen molar-refractivity contribution < 1.29 is 14.6 Å². The van der Waals surface area contributed by atoms with Gasteiger partial charge in [-0.15, -0.1) is 11.8 Å². The Morgan fingerprint density at radius 1 is 1.35 bits per heavy atom. The van der Waals surface area contributed by atoms with Crippen molar-refractivity contribution in [2.45, 2.75) is 4.90 Å². The molecule has 2 rings (SSSR count). The van der Waals surface area contributed by atoms with Crippen molar-refractivity contribution in [2.75, 3.05) is 18.2 Å². The fourth-order valence-corrected chi connectivity index (χ4v) is 2.24. The number of benzene rings is 1. The average molecular weight is 290 g/mol. The van der Waals surface area contributed by atoms with Crippen LogP contribution in [0.1, 0.15) is 0 Å². The Morgan fingerprint density at radius 3 is 2.80 bits per heavy atom. The summed E-state index contributed by atoms with van der Waals surface area (Å²) in [4.78, 5) is 16.5. The Bertz CT molecular complexity index is 587. The van der Waals surface area contributed by atoms with Gasteiger partial charge in [0, 0.05) is 11.0 Å². The van der Waals surface area contributed by atoms with Crippen molar-refractivity contribution >= 4 is 23.4 Å². The highest BCUT2D eigenvalue weighted by Gasteiger charge is 2.06. The molecule has 1 heterocycles. The summed E-state index contributed by atoms with van der Waals surface area (Å²) in [5.41, 5.74) is 0.605. The molecular weight excluding hydrogens is 276 g/mol. The first-order chi connectivity index (χ1) is 9.69. The second-order valence-corrected chi connectivity index (χ2v) is 4.91. The summed E-state index contributed by atoms with van der Waals surface area (Å²) in [5.74, 6) is 0.720. The molecular formula is C14H14N2O3S. The van der Waals surface area contributed by atoms with E-state index in [4.69, 9.17) is 4.74 Å². The van der Waals surface area contributed by atoms with Gasteiger partial charge in [0.15, 0.2) is 0 Å². The number of ether oxygens (including phenoxy) is 1. The van der Waals surface area contributed by atoms with E-state index in [0.717, 1.165) is 0 Å². The zero-order valence-corrected chi connectivity index (χ0v) is 11.7. The number of methoxy groups -OCH3 is 1. The number of nitrogens with zero attached hydrogens (tertiary/aromatic N) is 1. The van der Waals surface area contributed by atoms with Gasteiger partial charge in [0.25, 0.3) is 0 Å². The van der Waals surface area contributed by atoms with Gasteiger partial charge in [-0.05, 0) is 18.2 Å². The second kappa shape index (κ2) is 6.81. The normalized spacial score (nSPS) is 10.1. The lowest BCUT2D eigenvalue weighted by molar-refractivity contribution is -0.113. The number of phenols is 1. The predicted molar refractivity (Wildman–Crippen MR) is 78.2 cm³/mol. The van der Waals surface area contributed by atoms with Crippen molar-refractivity contribution in [1.82, 2.24) is 4.98 Å². The number of nitrogens with one attached hydrogen (secondary N) is 1. The first kappa shape index (κ1) is 14.2. The third-order valence-electron chi connectivity index (χ3n) is 2.45. The fourth-order valence-electron chi connectivity index (χ4n) is 1.49. The molecule has 1 aromatic carbocycles. The highest BCUT2D eigenvalue weighted by atomic mass is 32.2. The molecule has 0 saturated carbocycles. The topological polar surface area (TPSA) is 71.5 Å². The smallest absolute Gasteiger partial charge is 0.234 e. The van der Waals surface area contributed by atoms with E-state index in [0.29, 0.717) is 16.5 Å². The van der Waals surface area contributed by atoms with Crippen molar-refractivity contribution in [3.05, 3.63) is 42.6 Å². The number of thioether (sulfide) groups is 1. The largest absolute Gasteiger partial charge is 0.507 e. The molecule has 2 aromatic rings. The summed E-state index contributed by atoms with van der Waals surface area (Å²) in [6.45, 7) is 0. The minimum atomic E-state index is -0.162. The Hall–Kier alpha value is -2.21. The van der Waals surface area contributed by atoms with Gasteiger partial charge >= 0.3 is 0 Å². The summed E-state index contributed by atoms with van der Waals surface area (Å²) < 4.78 is 4.94. The number of pyridine rings is 1. The SMILES string of the molecule is COc1ccc(NC(=O)CSc2ccccc2O)cn1. The van der Waals surface area contributed by atoms with E-state index in [9.17, 15) is 9.90 Å². The quantitative estimate of drug-likeness (QED) is 0.828. The van der Waals surface area contributed by atoms with Crippen LogP contribution in [0.25, 0.3) is 0 Å². The van der Waals surface area contributed by atoms with Gasteiger partial charge in [-0.1, -0.05) is 12.1 Å². The average Bonchev–Trinajstić information content (AvgIpc) is 2.47. The first-order valence-electron chi connectivity index (χ1n) is 5.89. The summed E-state index contributed by atoms with van der Waals surface area (Å²) >= 11 is 1.27. The van der Waals surface area contributed by atoms with Crippen LogP contribution in [0.15, 0.2) is 47.5 Å². The molecule has 0 aliphatic rings. The van der Waals surface area contributed by atoms with Crippen molar-refractivity contribution in [3.8, 4) is 11.6 Å². The van der Waals surface area contributed by atoms with Gasteiger partial charge in [0.2, 0.25) is 11.8 Å². The monoisotopic (exact) mass is 290 g/mol. The maximum Gasteiger partial charge on any atom is 0.234 e. The van der Waals surface area contributed by atoms with E-state index in [1.807, 2.05) is 6.07 Å². The molecule has 2 N–H and O–H groups in total. The molecule has 6 heteroatoms. The van der Waals surface area contributed by atoms with Gasteiger partial charge in [-0.25, -0.2) is 4.98 Å². The molecule has 1 amide bonds. The number of phenolic OH excluding ortho intramolecular Hbond substituents is 1. The van der Waals surface area contributed by atoms with E-state index < -0.39 is 0 Å². The van der Waals surface area contributed by atoms with Gasteiger partial charge in [0.05, 0.1) is 24.7 Å². The molecule has 0 bridgehead atoms. The van der Waals surface area contributed by atoms with Crippen LogP contribution in [-0.4, -0.2) is 28.9 Å². The van der Waals surface area contributed by atoms with Crippen LogP contribution < -0.4 is 10.1 Å². The molecule has 0 aliphatic carbocycles. The maximum absolute atomic E-state index is 11.8. The van der Waals surface area contributed by atoms with Crippen molar-refractivity contribution in [2.24, 2.45) is 0 Å². The number of aromatic hydroxyl groups is 1. The number of aromatic nitrogens is 1. The highest BCUT2D eigenvalue weighted by Crippen LogP contribution is 2.27. The summed E-state index contributed by atoms with van der Waals surface area (Å²) in [6.07, 6.45) is 1.53. The number of hydrogen-bond acceptors (Lipinski definition) is 5. The Morgan fingerprint density at radius 2 is 2.15 bits per heavy atom. The lowest BCUT2D eigenvalue weighted by atomic mass is 10.3. The number of carbonyl (C=O) groups is 1. The van der Waals surface area contributed by atoms with Crippen LogP contribution >= 0.6 is 11.8 Å². The van der Waals surface area contributed by atoms with Crippen LogP contribution in [-0.2, 0) is 4.79 Å². The number of para-hydroxylation sites is 1. The molecule has 1 aromatic heterocycles. The number of rotatable bonds is 5. The minimum absolute atomic E-state index is 0.162. The van der Waals surface area contributed by atoms with Gasteiger partial charge < -0.3 is 15.2 Å². The van der Waals surface area contributed by atoms with E-state index in [2.05, 4.69) is 10.3 Å². The van der Waals surface area contributed by atoms with Crippen LogP contribution in [0.5, 0.6) is 11.6 Å². The van der Waals surface area contributed by atoms with Gasteiger partial charge in [-0.3, -0.25) is 4.79 Å². The third-order valence-corrected chi connectivity index (χ3v) is 3.52. The number of carbonyl (C=O) groups excluding carboxylic acids is 1. The highest BCUT2D eigenvalue weighted by molar-refractivity contribution is 8.00. The number of anilines is 1. The second-order valence-electron chi connectivity index (χ2n) is 3.89. The van der Waals surface area contributed by atoms with E-state index in [1.165, 1.54) is 25.1 Å². The zero-order chi connectivity index (χ0) is 14.4. The van der Waals surface area contributed by atoms with Crippen molar-refractivity contribution in [1.29, 1.82) is 0 Å². The minimum Gasteiger partial charge on any atom is -0.507 e. The molecule has 104 valence electrons. The van der Waals surface area contributed by atoms with Crippen LogP contribution in [0.3, 0.4) is 0 Å². The molecule has 0 radical (unpaired) electrons. The lowest BCUT2D eigenvalue weighted by Gasteiger charge is -2.06. The molecule has 5 nitrogen and oxygen atoms in total. The first-order valence-corrected chi connectivity index (χ1v) is 6.88. The van der Waals surface area contributed by atoms with Crippen LogP contribution in [0.4, 0.5) is 5.69 Å². The third kappa shape index (κ3) is 3.89. The van der Waals surface area contributed by atoms with Crippen molar-refractivity contribution in [3.63, 3.8) is 0 Å². The Balaban J connectivity index is 1.87. The van der Waals surface area contributed by atoms with Crippen LogP contribution in [0.2, 0.25) is 0 Å². The van der Waals surface area contributed by atoms with E-state index in [-0.39, 0.29) is 17.4 Å². The predicted octanol–water partition coefficient (Wildman–Crippen LogP) is 2.53. The standard InChI is InChI=1S/C14H14N2O3S/c1-19-14-7-6-10(8-15-14)16-13(18)9-20-12-5-3-2-4-11(12)17/h2-8,17H,9H2,1H3,(H,16,18).